The minimum atomic E-state index is -0.0291. The zero-order chi connectivity index (χ0) is 11.4. The Labute approximate surface area is 111 Å². The average Bonchev–Trinajstić information content (AvgIpc) is 2.14. The molecule has 0 aliphatic heterocycles. The van der Waals surface area contributed by atoms with Crippen molar-refractivity contribution in [1.82, 2.24) is 5.32 Å². The normalized spacial score (nSPS) is 9.50. The molecular weight excluding hydrogens is 291 g/mol. The van der Waals surface area contributed by atoms with Gasteiger partial charge in [-0.25, -0.2) is 0 Å². The molecule has 1 rings (SSSR count). The van der Waals surface area contributed by atoms with Gasteiger partial charge in [-0.15, -0.1) is 12.4 Å². The van der Waals surface area contributed by atoms with Crippen molar-refractivity contribution in [1.29, 1.82) is 0 Å². The van der Waals surface area contributed by atoms with Crippen LogP contribution in [-0.4, -0.2) is 19.5 Å². The molecule has 0 atom stereocenters. The first-order valence-electron chi connectivity index (χ1n) is 4.75. The lowest BCUT2D eigenvalue weighted by Gasteiger charge is -2.09. The summed E-state index contributed by atoms with van der Waals surface area (Å²) in [6, 6.07) is 3.90. The number of anilines is 1. The minimum Gasteiger partial charge on any atom is -0.325 e. The highest BCUT2D eigenvalue weighted by Crippen LogP contribution is 2.24. The SMILES string of the molecule is CNCC(=O)Nc1cc(C)c(Br)c(C)c1.Cl. The fraction of sp³-hybridized carbons (Fsp3) is 0.364. The van der Waals surface area contributed by atoms with Gasteiger partial charge in [0.2, 0.25) is 5.91 Å². The van der Waals surface area contributed by atoms with Crippen molar-refractivity contribution in [3.05, 3.63) is 27.7 Å². The predicted octanol–water partition coefficient (Wildman–Crippen LogP) is 2.65. The number of halogens is 2. The molecule has 0 aromatic heterocycles. The Kier molecular flexibility index (Phi) is 6.64. The quantitative estimate of drug-likeness (QED) is 0.901. The second-order valence-corrected chi connectivity index (χ2v) is 4.30. The Morgan fingerprint density at radius 3 is 2.25 bits per heavy atom. The van der Waals surface area contributed by atoms with Crippen LogP contribution < -0.4 is 10.6 Å². The first-order valence-corrected chi connectivity index (χ1v) is 5.55. The highest BCUT2D eigenvalue weighted by Gasteiger charge is 2.04. The zero-order valence-electron chi connectivity index (χ0n) is 9.56. The van der Waals surface area contributed by atoms with E-state index in [2.05, 4.69) is 26.6 Å². The molecule has 0 spiro atoms. The monoisotopic (exact) mass is 306 g/mol. The van der Waals surface area contributed by atoms with Gasteiger partial charge in [0.05, 0.1) is 6.54 Å². The van der Waals surface area contributed by atoms with Gasteiger partial charge in [0.15, 0.2) is 0 Å². The lowest BCUT2D eigenvalue weighted by molar-refractivity contribution is -0.115. The molecule has 0 heterocycles. The summed E-state index contributed by atoms with van der Waals surface area (Å²) in [4.78, 5) is 11.3. The van der Waals surface area contributed by atoms with E-state index in [-0.39, 0.29) is 18.3 Å². The fourth-order valence-corrected chi connectivity index (χ4v) is 1.61. The van der Waals surface area contributed by atoms with Crippen molar-refractivity contribution in [3.63, 3.8) is 0 Å². The number of carbonyl (C=O) groups is 1. The van der Waals surface area contributed by atoms with E-state index < -0.39 is 0 Å². The van der Waals surface area contributed by atoms with E-state index in [1.54, 1.807) is 7.05 Å². The smallest absolute Gasteiger partial charge is 0.238 e. The average molecular weight is 308 g/mol. The highest BCUT2D eigenvalue weighted by atomic mass is 79.9. The van der Waals surface area contributed by atoms with Crippen LogP contribution in [0.25, 0.3) is 0 Å². The van der Waals surface area contributed by atoms with Crippen LogP contribution in [0.4, 0.5) is 5.69 Å². The van der Waals surface area contributed by atoms with E-state index in [1.165, 1.54) is 0 Å². The number of carbonyl (C=O) groups excluding carboxylic acids is 1. The third-order valence-corrected chi connectivity index (χ3v) is 3.31. The lowest BCUT2D eigenvalue weighted by atomic mass is 10.1. The third kappa shape index (κ3) is 4.12. The minimum absolute atomic E-state index is 0. The summed E-state index contributed by atoms with van der Waals surface area (Å²) < 4.78 is 1.09. The molecule has 3 nitrogen and oxygen atoms in total. The van der Waals surface area contributed by atoms with Gasteiger partial charge in [-0.2, -0.15) is 0 Å². The third-order valence-electron chi connectivity index (χ3n) is 2.06. The predicted molar refractivity (Wildman–Crippen MR) is 73.4 cm³/mol. The molecule has 0 bridgehead atoms. The zero-order valence-corrected chi connectivity index (χ0v) is 12.0. The number of likely N-dealkylation sites (N-methyl/N-ethyl adjacent to an activating group) is 1. The molecule has 0 saturated carbocycles. The standard InChI is InChI=1S/C11H15BrN2O.ClH/c1-7-4-9(5-8(2)11(7)12)14-10(15)6-13-3;/h4-5,13H,6H2,1-3H3,(H,14,15);1H. The summed E-state index contributed by atoms with van der Waals surface area (Å²) in [5.74, 6) is -0.0291. The number of hydrogen-bond donors (Lipinski definition) is 2. The number of benzene rings is 1. The molecule has 5 heteroatoms. The maximum absolute atomic E-state index is 11.3. The number of hydrogen-bond acceptors (Lipinski definition) is 2. The van der Waals surface area contributed by atoms with Gasteiger partial charge in [0, 0.05) is 10.2 Å². The van der Waals surface area contributed by atoms with E-state index in [1.807, 2.05) is 26.0 Å². The van der Waals surface area contributed by atoms with Crippen molar-refractivity contribution in [2.45, 2.75) is 13.8 Å². The van der Waals surface area contributed by atoms with Crippen molar-refractivity contribution < 1.29 is 4.79 Å². The van der Waals surface area contributed by atoms with Gasteiger partial charge in [0.1, 0.15) is 0 Å². The molecule has 0 aliphatic rings. The Morgan fingerprint density at radius 1 is 1.31 bits per heavy atom. The summed E-state index contributed by atoms with van der Waals surface area (Å²) in [5, 5.41) is 5.64. The van der Waals surface area contributed by atoms with E-state index in [0.29, 0.717) is 6.54 Å². The Hall–Kier alpha value is -0.580. The topological polar surface area (TPSA) is 41.1 Å². The summed E-state index contributed by atoms with van der Waals surface area (Å²) in [6.45, 7) is 4.34. The van der Waals surface area contributed by atoms with E-state index in [0.717, 1.165) is 21.3 Å². The van der Waals surface area contributed by atoms with Crippen LogP contribution >= 0.6 is 28.3 Å². The van der Waals surface area contributed by atoms with Gasteiger partial charge >= 0.3 is 0 Å². The maximum Gasteiger partial charge on any atom is 0.238 e. The first-order chi connectivity index (χ1) is 7.04. The van der Waals surface area contributed by atoms with E-state index in [9.17, 15) is 4.79 Å². The van der Waals surface area contributed by atoms with Crippen LogP contribution in [0.2, 0.25) is 0 Å². The summed E-state index contributed by atoms with van der Waals surface area (Å²) in [6.07, 6.45) is 0. The van der Waals surface area contributed by atoms with E-state index in [4.69, 9.17) is 0 Å². The molecular formula is C11H16BrClN2O. The number of aryl methyl sites for hydroxylation is 2. The van der Waals surface area contributed by atoms with Crippen LogP contribution in [0.3, 0.4) is 0 Å². The Balaban J connectivity index is 0.00000225. The van der Waals surface area contributed by atoms with Gasteiger partial charge in [0.25, 0.3) is 0 Å². The van der Waals surface area contributed by atoms with Crippen LogP contribution in [0, 0.1) is 13.8 Å². The van der Waals surface area contributed by atoms with Crippen molar-refractivity contribution in [2.75, 3.05) is 18.9 Å². The van der Waals surface area contributed by atoms with Gasteiger partial charge < -0.3 is 10.6 Å². The van der Waals surface area contributed by atoms with E-state index >= 15 is 0 Å². The van der Waals surface area contributed by atoms with Crippen molar-refractivity contribution >= 4 is 39.9 Å². The van der Waals surface area contributed by atoms with Crippen LogP contribution in [-0.2, 0) is 4.79 Å². The second kappa shape index (κ2) is 6.89. The molecule has 0 aliphatic carbocycles. The number of rotatable bonds is 3. The van der Waals surface area contributed by atoms with Gasteiger partial charge in [-0.05, 0) is 44.2 Å². The van der Waals surface area contributed by atoms with Crippen LogP contribution in [0.5, 0.6) is 0 Å². The molecule has 0 saturated heterocycles. The maximum atomic E-state index is 11.3. The second-order valence-electron chi connectivity index (χ2n) is 3.50. The van der Waals surface area contributed by atoms with Gasteiger partial charge in [-0.1, -0.05) is 15.9 Å². The number of nitrogens with one attached hydrogen (secondary N) is 2. The molecule has 16 heavy (non-hydrogen) atoms. The number of amides is 1. The molecule has 1 aromatic rings. The molecule has 1 amide bonds. The molecule has 0 unspecified atom stereocenters. The van der Waals surface area contributed by atoms with Crippen molar-refractivity contribution in [2.24, 2.45) is 0 Å². The summed E-state index contributed by atoms with van der Waals surface area (Å²) in [7, 11) is 1.75. The van der Waals surface area contributed by atoms with Crippen LogP contribution in [0.15, 0.2) is 16.6 Å². The van der Waals surface area contributed by atoms with Crippen LogP contribution in [0.1, 0.15) is 11.1 Å². The molecule has 0 radical (unpaired) electrons. The Bertz CT molecular complexity index is 359. The lowest BCUT2D eigenvalue weighted by Crippen LogP contribution is -2.25. The van der Waals surface area contributed by atoms with Gasteiger partial charge in [-0.3, -0.25) is 4.79 Å². The summed E-state index contributed by atoms with van der Waals surface area (Å²) in [5.41, 5.74) is 3.08. The molecule has 1 aromatic carbocycles. The van der Waals surface area contributed by atoms with Crippen molar-refractivity contribution in [3.8, 4) is 0 Å². The Morgan fingerprint density at radius 2 is 1.81 bits per heavy atom. The summed E-state index contributed by atoms with van der Waals surface area (Å²) >= 11 is 3.49. The highest BCUT2D eigenvalue weighted by molar-refractivity contribution is 9.10. The molecule has 90 valence electrons. The fourth-order valence-electron chi connectivity index (χ4n) is 1.38. The first kappa shape index (κ1) is 15.4. The molecule has 2 N–H and O–H groups in total. The molecule has 0 fully saturated rings. The largest absolute Gasteiger partial charge is 0.325 e.